The van der Waals surface area contributed by atoms with Crippen LogP contribution in [-0.2, 0) is 14.3 Å². The van der Waals surface area contributed by atoms with Gasteiger partial charge in [-0.05, 0) is 6.08 Å². The summed E-state index contributed by atoms with van der Waals surface area (Å²) in [5.41, 5.74) is 0.353. The second-order valence-electron chi connectivity index (χ2n) is 4.48. The van der Waals surface area contributed by atoms with Crippen LogP contribution in [-0.4, -0.2) is 50.1 Å². The summed E-state index contributed by atoms with van der Waals surface area (Å²) in [6.07, 6.45) is 3.16. The normalized spacial score (nSPS) is 21.7. The van der Waals surface area contributed by atoms with Gasteiger partial charge in [0.05, 0.1) is 13.5 Å². The van der Waals surface area contributed by atoms with Crippen LogP contribution < -0.4 is 5.32 Å². The molecular formula is C11H16N2O3. The summed E-state index contributed by atoms with van der Waals surface area (Å²) in [6.45, 7) is 3.70. The molecule has 0 aromatic rings. The van der Waals surface area contributed by atoms with Crippen molar-refractivity contribution in [3.8, 4) is 0 Å². The van der Waals surface area contributed by atoms with Crippen molar-refractivity contribution in [2.75, 3.05) is 33.3 Å². The van der Waals surface area contributed by atoms with Gasteiger partial charge in [-0.1, -0.05) is 6.08 Å². The number of esters is 1. The Morgan fingerprint density at radius 2 is 2.12 bits per heavy atom. The number of hydrogen-bond donors (Lipinski definition) is 1. The Kier molecular flexibility index (Phi) is 2.96. The van der Waals surface area contributed by atoms with E-state index in [4.69, 9.17) is 0 Å². The van der Waals surface area contributed by atoms with Crippen LogP contribution in [0.3, 0.4) is 0 Å². The van der Waals surface area contributed by atoms with Crippen LogP contribution in [0.1, 0.15) is 6.42 Å². The predicted molar refractivity (Wildman–Crippen MR) is 57.7 cm³/mol. The van der Waals surface area contributed by atoms with Gasteiger partial charge in [-0.25, -0.2) is 0 Å². The molecule has 0 unspecified atom stereocenters. The minimum Gasteiger partial charge on any atom is -0.469 e. The Hall–Kier alpha value is -1.36. The van der Waals surface area contributed by atoms with E-state index < -0.39 is 0 Å². The van der Waals surface area contributed by atoms with Crippen LogP contribution in [0.5, 0.6) is 0 Å². The highest BCUT2D eigenvalue weighted by Gasteiger charge is 2.48. The van der Waals surface area contributed by atoms with Gasteiger partial charge in [0.15, 0.2) is 0 Å². The van der Waals surface area contributed by atoms with E-state index in [1.54, 1.807) is 11.0 Å². The first-order valence-corrected chi connectivity index (χ1v) is 5.38. The molecule has 0 bridgehead atoms. The predicted octanol–water partition coefficient (Wildman–Crippen LogP) is -0.462. The molecule has 1 amide bonds. The number of nitrogens with one attached hydrogen (secondary N) is 1. The Labute approximate surface area is 94.4 Å². The fraction of sp³-hybridized carbons (Fsp3) is 0.636. The van der Waals surface area contributed by atoms with Gasteiger partial charge in [0.25, 0.3) is 0 Å². The molecule has 0 saturated carbocycles. The van der Waals surface area contributed by atoms with Crippen molar-refractivity contribution in [2.24, 2.45) is 5.41 Å². The van der Waals surface area contributed by atoms with Crippen molar-refractivity contribution < 1.29 is 14.3 Å². The molecule has 0 aromatic heterocycles. The third kappa shape index (κ3) is 2.09. The molecule has 0 aromatic carbocycles. The molecule has 0 aliphatic carbocycles. The number of nitrogens with zero attached hydrogens (tertiary/aromatic N) is 1. The van der Waals surface area contributed by atoms with Gasteiger partial charge in [-0.15, -0.1) is 0 Å². The number of carbonyl (C=O) groups excluding carboxylic acids is 2. The van der Waals surface area contributed by atoms with Crippen molar-refractivity contribution in [3.05, 3.63) is 12.2 Å². The molecule has 0 atom stereocenters. The van der Waals surface area contributed by atoms with E-state index in [9.17, 15) is 9.59 Å². The van der Waals surface area contributed by atoms with Crippen molar-refractivity contribution in [1.82, 2.24) is 10.2 Å². The molecule has 2 rings (SSSR count). The largest absolute Gasteiger partial charge is 0.469 e. The van der Waals surface area contributed by atoms with E-state index in [-0.39, 0.29) is 18.3 Å². The number of ether oxygens (including phenoxy) is 1. The lowest BCUT2D eigenvalue weighted by atomic mass is 9.74. The Morgan fingerprint density at radius 1 is 1.44 bits per heavy atom. The number of carbonyl (C=O) groups is 2. The number of methoxy groups -OCH3 is 1. The first kappa shape index (κ1) is 11.1. The summed E-state index contributed by atoms with van der Waals surface area (Å²) in [5, 5.41) is 3.21. The summed E-state index contributed by atoms with van der Waals surface area (Å²) in [4.78, 5) is 24.2. The maximum Gasteiger partial charge on any atom is 0.309 e. The first-order valence-electron chi connectivity index (χ1n) is 5.38. The van der Waals surface area contributed by atoms with Gasteiger partial charge in [0, 0.05) is 31.6 Å². The molecule has 2 aliphatic rings. The quantitative estimate of drug-likeness (QED) is 0.520. The molecule has 2 fully saturated rings. The number of amides is 1. The minimum absolute atomic E-state index is 0.0126. The molecule has 2 aliphatic heterocycles. The summed E-state index contributed by atoms with van der Waals surface area (Å²) in [7, 11) is 1.33. The highest BCUT2D eigenvalue weighted by molar-refractivity contribution is 5.89. The summed E-state index contributed by atoms with van der Waals surface area (Å²) >= 11 is 0. The zero-order valence-corrected chi connectivity index (χ0v) is 9.36. The highest BCUT2D eigenvalue weighted by Crippen LogP contribution is 2.33. The second-order valence-corrected chi connectivity index (χ2v) is 4.48. The van der Waals surface area contributed by atoms with Crippen molar-refractivity contribution in [3.63, 3.8) is 0 Å². The van der Waals surface area contributed by atoms with Gasteiger partial charge >= 0.3 is 5.97 Å². The van der Waals surface area contributed by atoms with Gasteiger partial charge < -0.3 is 15.0 Å². The van der Waals surface area contributed by atoms with E-state index in [0.29, 0.717) is 5.41 Å². The summed E-state index contributed by atoms with van der Waals surface area (Å²) < 4.78 is 4.47. The third-order valence-electron chi connectivity index (χ3n) is 3.14. The molecule has 2 saturated heterocycles. The smallest absolute Gasteiger partial charge is 0.309 e. The van der Waals surface area contributed by atoms with E-state index in [0.717, 1.165) is 26.2 Å². The Morgan fingerprint density at radius 3 is 2.62 bits per heavy atom. The topological polar surface area (TPSA) is 58.6 Å². The van der Waals surface area contributed by atoms with E-state index in [1.807, 2.05) is 0 Å². The highest BCUT2D eigenvalue weighted by atomic mass is 16.5. The molecule has 88 valence electrons. The van der Waals surface area contributed by atoms with Crippen molar-refractivity contribution in [2.45, 2.75) is 6.42 Å². The molecule has 1 spiro atoms. The lowest BCUT2D eigenvalue weighted by Gasteiger charge is -2.55. The molecule has 0 radical (unpaired) electrons. The van der Waals surface area contributed by atoms with Crippen LogP contribution in [0.15, 0.2) is 12.2 Å². The van der Waals surface area contributed by atoms with E-state index in [1.165, 1.54) is 13.2 Å². The second kappa shape index (κ2) is 4.25. The average Bonchev–Trinajstić information content (AvgIpc) is 2.13. The van der Waals surface area contributed by atoms with Gasteiger partial charge in [-0.3, -0.25) is 9.59 Å². The van der Waals surface area contributed by atoms with Crippen LogP contribution in [0, 0.1) is 5.41 Å². The fourth-order valence-corrected chi connectivity index (χ4v) is 2.07. The lowest BCUT2D eigenvalue weighted by Crippen LogP contribution is -2.71. The van der Waals surface area contributed by atoms with Gasteiger partial charge in [-0.2, -0.15) is 0 Å². The van der Waals surface area contributed by atoms with Crippen LogP contribution >= 0.6 is 0 Å². The van der Waals surface area contributed by atoms with E-state index >= 15 is 0 Å². The zero-order chi connectivity index (χ0) is 11.6. The summed E-state index contributed by atoms with van der Waals surface area (Å²) in [6, 6.07) is 0. The summed E-state index contributed by atoms with van der Waals surface area (Å²) in [5.74, 6) is -0.339. The van der Waals surface area contributed by atoms with Crippen LogP contribution in [0.25, 0.3) is 0 Å². The number of likely N-dealkylation sites (tertiary alicyclic amines) is 1. The average molecular weight is 224 g/mol. The standard InChI is InChI=1S/C11H16N2O3/c1-16-10(15)4-2-3-9(14)13-7-11(8-13)5-12-6-11/h2-3,12H,4-8H2,1H3/b3-2+. The number of rotatable bonds is 3. The molecule has 5 heteroatoms. The van der Waals surface area contributed by atoms with Crippen molar-refractivity contribution >= 4 is 11.9 Å². The van der Waals surface area contributed by atoms with Crippen molar-refractivity contribution in [1.29, 1.82) is 0 Å². The fourth-order valence-electron chi connectivity index (χ4n) is 2.07. The van der Waals surface area contributed by atoms with E-state index in [2.05, 4.69) is 10.1 Å². The maximum atomic E-state index is 11.6. The minimum atomic E-state index is -0.327. The monoisotopic (exact) mass is 224 g/mol. The zero-order valence-electron chi connectivity index (χ0n) is 9.36. The maximum absolute atomic E-state index is 11.6. The Balaban J connectivity index is 1.71. The third-order valence-corrected chi connectivity index (χ3v) is 3.14. The van der Waals surface area contributed by atoms with Crippen LogP contribution in [0.4, 0.5) is 0 Å². The SMILES string of the molecule is COC(=O)C/C=C/C(=O)N1CC2(CNC2)C1. The van der Waals surface area contributed by atoms with Gasteiger partial charge in [0.1, 0.15) is 0 Å². The first-order chi connectivity index (χ1) is 7.65. The lowest BCUT2D eigenvalue weighted by molar-refractivity contribution is -0.141. The molecule has 2 heterocycles. The molecular weight excluding hydrogens is 208 g/mol. The number of hydrogen-bond acceptors (Lipinski definition) is 4. The van der Waals surface area contributed by atoms with Gasteiger partial charge in [0.2, 0.25) is 5.91 Å². The van der Waals surface area contributed by atoms with Crippen LogP contribution in [0.2, 0.25) is 0 Å². The molecule has 16 heavy (non-hydrogen) atoms. The Bertz CT molecular complexity index is 326. The molecule has 5 nitrogen and oxygen atoms in total. The molecule has 1 N–H and O–H groups in total.